The number of nitriles is 2. The molecule has 0 heterocycles. The Bertz CT molecular complexity index is 2350. The number of para-hydroxylation sites is 2. The third-order valence-corrected chi connectivity index (χ3v) is 9.37. The van der Waals surface area contributed by atoms with Crippen LogP contribution in [0.2, 0.25) is 0 Å². The molecule has 6 heteroatoms. The van der Waals surface area contributed by atoms with Crippen molar-refractivity contribution in [1.29, 1.82) is 10.5 Å². The Balaban J connectivity index is 1.10. The van der Waals surface area contributed by atoms with Crippen LogP contribution < -0.4 is 19.3 Å². The lowest BCUT2D eigenvalue weighted by molar-refractivity contribution is 0.414. The summed E-state index contributed by atoms with van der Waals surface area (Å²) in [5.41, 5.74) is 10.3. The van der Waals surface area contributed by atoms with Gasteiger partial charge >= 0.3 is 0 Å². The Morgan fingerprint density at radius 2 is 0.696 bits per heavy atom. The summed E-state index contributed by atoms with van der Waals surface area (Å²) in [6, 6.07) is 61.0. The zero-order valence-corrected chi connectivity index (χ0v) is 31.1. The van der Waals surface area contributed by atoms with Gasteiger partial charge in [-0.05, 0) is 131 Å². The third kappa shape index (κ3) is 8.37. The van der Waals surface area contributed by atoms with E-state index in [9.17, 15) is 10.5 Å². The van der Waals surface area contributed by atoms with Crippen molar-refractivity contribution in [2.75, 3.05) is 24.0 Å². The Morgan fingerprint density at radius 3 is 1.00 bits per heavy atom. The van der Waals surface area contributed by atoms with Crippen molar-refractivity contribution in [3.8, 4) is 23.6 Å². The zero-order chi connectivity index (χ0) is 38.7. The van der Waals surface area contributed by atoms with Crippen molar-refractivity contribution in [3.05, 3.63) is 203 Å². The first kappa shape index (κ1) is 36.6. The molecule has 7 aromatic rings. The van der Waals surface area contributed by atoms with Crippen molar-refractivity contribution >= 4 is 58.4 Å². The Morgan fingerprint density at radius 1 is 0.393 bits per heavy atom. The van der Waals surface area contributed by atoms with Crippen LogP contribution >= 0.6 is 0 Å². The van der Waals surface area contributed by atoms with Gasteiger partial charge < -0.3 is 19.3 Å². The molecule has 0 aliphatic carbocycles. The zero-order valence-electron chi connectivity index (χ0n) is 31.1. The van der Waals surface area contributed by atoms with E-state index in [-0.39, 0.29) is 0 Å². The molecular weight excluding hydrogens is 689 g/mol. The highest BCUT2D eigenvalue weighted by molar-refractivity contribution is 5.82. The second-order valence-corrected chi connectivity index (χ2v) is 12.8. The van der Waals surface area contributed by atoms with Crippen LogP contribution in [0, 0.1) is 22.7 Å². The van der Waals surface area contributed by atoms with Gasteiger partial charge in [0, 0.05) is 34.1 Å². The molecule has 7 aromatic carbocycles. The van der Waals surface area contributed by atoms with Gasteiger partial charge in [0.25, 0.3) is 0 Å². The first-order valence-corrected chi connectivity index (χ1v) is 18.1. The van der Waals surface area contributed by atoms with Gasteiger partial charge in [0.05, 0.1) is 37.5 Å². The summed E-state index contributed by atoms with van der Waals surface area (Å²) in [4.78, 5) is 4.37. The van der Waals surface area contributed by atoms with Gasteiger partial charge in [0.15, 0.2) is 0 Å². The van der Waals surface area contributed by atoms with Gasteiger partial charge in [-0.25, -0.2) is 0 Å². The molecule has 56 heavy (non-hydrogen) atoms. The highest BCUT2D eigenvalue weighted by Crippen LogP contribution is 2.37. The lowest BCUT2D eigenvalue weighted by Crippen LogP contribution is -2.09. The van der Waals surface area contributed by atoms with Crippen molar-refractivity contribution in [2.45, 2.75) is 0 Å². The second-order valence-electron chi connectivity index (χ2n) is 12.8. The predicted molar refractivity (Wildman–Crippen MR) is 229 cm³/mol. The Hall–Kier alpha value is -7.80. The Labute approximate surface area is 328 Å². The van der Waals surface area contributed by atoms with E-state index in [0.717, 1.165) is 56.8 Å². The maximum Gasteiger partial charge on any atom is 0.119 e. The van der Waals surface area contributed by atoms with Gasteiger partial charge in [0.2, 0.25) is 0 Å². The maximum absolute atomic E-state index is 10.1. The fourth-order valence-electron chi connectivity index (χ4n) is 6.45. The number of nitrogens with zero attached hydrogens (tertiary/aromatic N) is 4. The molecule has 0 aliphatic heterocycles. The molecule has 270 valence electrons. The quantitative estimate of drug-likeness (QED) is 0.117. The number of hydrogen-bond donors (Lipinski definition) is 0. The molecule has 0 unspecified atom stereocenters. The summed E-state index contributed by atoms with van der Waals surface area (Å²) in [5, 5.41) is 20.2. The van der Waals surface area contributed by atoms with E-state index in [1.165, 1.54) is 0 Å². The lowest BCUT2D eigenvalue weighted by atomic mass is 9.97. The summed E-state index contributed by atoms with van der Waals surface area (Å²) in [7, 11) is 3.32. The maximum atomic E-state index is 10.1. The molecule has 0 atom stereocenters. The predicted octanol–water partition coefficient (Wildman–Crippen LogP) is 12.7. The number of hydrogen-bond acceptors (Lipinski definition) is 6. The monoisotopic (exact) mass is 726 g/mol. The molecular formula is C50H38N4O2. The summed E-state index contributed by atoms with van der Waals surface area (Å²) in [6.07, 6.45) is 7.70. The van der Waals surface area contributed by atoms with Gasteiger partial charge in [-0.3, -0.25) is 0 Å². The van der Waals surface area contributed by atoms with Crippen LogP contribution in [0.15, 0.2) is 170 Å². The van der Waals surface area contributed by atoms with Crippen LogP contribution in [0.5, 0.6) is 11.5 Å². The van der Waals surface area contributed by atoms with E-state index < -0.39 is 0 Å². The third-order valence-electron chi connectivity index (χ3n) is 9.37. The van der Waals surface area contributed by atoms with Crippen molar-refractivity contribution < 1.29 is 9.47 Å². The molecule has 0 amide bonds. The van der Waals surface area contributed by atoms with Gasteiger partial charge in [0.1, 0.15) is 11.5 Å². The highest BCUT2D eigenvalue weighted by atomic mass is 16.5. The first-order chi connectivity index (χ1) is 27.6. The molecule has 7 rings (SSSR count). The number of methoxy groups -OCH3 is 2. The van der Waals surface area contributed by atoms with Gasteiger partial charge in [-0.1, -0.05) is 85.0 Å². The lowest BCUT2D eigenvalue weighted by Gasteiger charge is -2.25. The molecule has 0 aliphatic rings. The standard InChI is InChI=1S/C50H38N4O2/c1-55-49-29-25-47(26-30-49)53(43-9-5-3-6-10-43)45-21-15-37(16-22-45)13-19-39-33-42(36-52)40(34-41(39)35-51)20-14-38-17-23-46(24-18-38)54(44-11-7-4-8-12-44)48-27-31-50(56-2)32-28-48/h3-34H,1-2H3/b19-13-,20-14-. The topological polar surface area (TPSA) is 72.5 Å². The minimum Gasteiger partial charge on any atom is -0.497 e. The molecule has 0 N–H and O–H groups in total. The number of rotatable bonds is 12. The van der Waals surface area contributed by atoms with E-state index in [4.69, 9.17) is 9.47 Å². The van der Waals surface area contributed by atoms with Crippen LogP contribution in [-0.4, -0.2) is 14.2 Å². The fourth-order valence-corrected chi connectivity index (χ4v) is 6.45. The summed E-state index contributed by atoms with van der Waals surface area (Å²) in [6.45, 7) is 0. The summed E-state index contributed by atoms with van der Waals surface area (Å²) in [5.74, 6) is 1.59. The first-order valence-electron chi connectivity index (χ1n) is 18.1. The van der Waals surface area contributed by atoms with Crippen LogP contribution in [0.25, 0.3) is 24.3 Å². The molecule has 0 saturated heterocycles. The van der Waals surface area contributed by atoms with Crippen LogP contribution in [0.3, 0.4) is 0 Å². The number of benzene rings is 7. The van der Waals surface area contributed by atoms with Crippen molar-refractivity contribution in [2.24, 2.45) is 0 Å². The average molecular weight is 727 g/mol. The van der Waals surface area contributed by atoms with Crippen LogP contribution in [0.4, 0.5) is 34.1 Å². The minimum absolute atomic E-state index is 0.486. The molecule has 0 saturated carbocycles. The molecule has 0 aromatic heterocycles. The smallest absolute Gasteiger partial charge is 0.119 e. The number of ether oxygens (including phenoxy) is 2. The summed E-state index contributed by atoms with van der Waals surface area (Å²) < 4.78 is 10.7. The molecule has 0 bridgehead atoms. The number of anilines is 6. The second kappa shape index (κ2) is 17.4. The SMILES string of the molecule is COc1ccc(N(c2ccccc2)c2ccc(/C=C\c3cc(C#N)c(/C=C\c4ccc(N(c5ccccc5)c5ccc(OC)cc5)cc4)cc3C#N)cc2)cc1. The van der Waals surface area contributed by atoms with E-state index in [1.54, 1.807) is 26.4 Å². The summed E-state index contributed by atoms with van der Waals surface area (Å²) >= 11 is 0. The normalized spacial score (nSPS) is 10.9. The van der Waals surface area contributed by atoms with Crippen molar-refractivity contribution in [1.82, 2.24) is 0 Å². The Kier molecular flexibility index (Phi) is 11.3. The molecule has 0 fully saturated rings. The van der Waals surface area contributed by atoms with E-state index in [1.807, 2.05) is 133 Å². The highest BCUT2D eigenvalue weighted by Gasteiger charge is 2.14. The minimum atomic E-state index is 0.486. The molecule has 0 radical (unpaired) electrons. The largest absolute Gasteiger partial charge is 0.497 e. The van der Waals surface area contributed by atoms with E-state index in [2.05, 4.69) is 70.5 Å². The van der Waals surface area contributed by atoms with Gasteiger partial charge in [-0.15, -0.1) is 0 Å². The van der Waals surface area contributed by atoms with Crippen LogP contribution in [-0.2, 0) is 0 Å². The van der Waals surface area contributed by atoms with Gasteiger partial charge in [-0.2, -0.15) is 10.5 Å². The average Bonchev–Trinajstić information content (AvgIpc) is 3.27. The molecule has 6 nitrogen and oxygen atoms in total. The van der Waals surface area contributed by atoms with Crippen LogP contribution in [0.1, 0.15) is 33.4 Å². The molecule has 0 spiro atoms. The van der Waals surface area contributed by atoms with E-state index in [0.29, 0.717) is 22.3 Å². The fraction of sp³-hybridized carbons (Fsp3) is 0.0400. The van der Waals surface area contributed by atoms with Crippen molar-refractivity contribution in [3.63, 3.8) is 0 Å². The van der Waals surface area contributed by atoms with E-state index >= 15 is 0 Å².